The molecule has 0 fully saturated rings. The van der Waals surface area contributed by atoms with E-state index in [1.807, 2.05) is 18.2 Å². The summed E-state index contributed by atoms with van der Waals surface area (Å²) in [5.74, 6) is 0. The molecule has 84 valence electrons. The van der Waals surface area contributed by atoms with E-state index in [0.29, 0.717) is 6.54 Å². The highest BCUT2D eigenvalue weighted by molar-refractivity contribution is 9.10. The van der Waals surface area contributed by atoms with E-state index in [1.54, 1.807) is 0 Å². The van der Waals surface area contributed by atoms with E-state index >= 15 is 0 Å². The number of hydrogen-bond acceptors (Lipinski definition) is 3. The Hall–Kier alpha value is -0.420. The molecule has 0 aliphatic rings. The fourth-order valence-electron chi connectivity index (χ4n) is 1.46. The lowest BCUT2D eigenvalue weighted by molar-refractivity contribution is 0.305. The van der Waals surface area contributed by atoms with E-state index in [4.69, 9.17) is 11.5 Å². The molecule has 1 unspecified atom stereocenters. The Bertz CT molecular complexity index is 304. The first kappa shape index (κ1) is 12.6. The summed E-state index contributed by atoms with van der Waals surface area (Å²) in [6, 6.07) is 8.26. The highest BCUT2D eigenvalue weighted by Gasteiger charge is 2.06. The molecule has 0 saturated carbocycles. The van der Waals surface area contributed by atoms with Gasteiger partial charge in [-0.15, -0.1) is 0 Å². The summed E-state index contributed by atoms with van der Waals surface area (Å²) in [6.07, 6.45) is 0. The molecule has 0 aliphatic heterocycles. The number of nitrogens with two attached hydrogens (primary N) is 2. The van der Waals surface area contributed by atoms with Crippen molar-refractivity contribution in [1.29, 1.82) is 0 Å². The van der Waals surface area contributed by atoms with E-state index in [0.717, 1.165) is 17.6 Å². The van der Waals surface area contributed by atoms with E-state index in [2.05, 4.69) is 33.9 Å². The number of benzene rings is 1. The number of nitrogens with zero attached hydrogens (tertiary/aromatic N) is 1. The second-order valence-electron chi connectivity index (χ2n) is 3.78. The molecule has 0 aliphatic carbocycles. The van der Waals surface area contributed by atoms with Crippen molar-refractivity contribution >= 4 is 15.9 Å². The molecule has 0 amide bonds. The molecule has 1 aromatic carbocycles. The summed E-state index contributed by atoms with van der Waals surface area (Å²) in [5.41, 5.74) is 12.5. The van der Waals surface area contributed by atoms with Crippen molar-refractivity contribution in [3.8, 4) is 0 Å². The summed E-state index contributed by atoms with van der Waals surface area (Å²) < 4.78 is 1.14. The minimum Gasteiger partial charge on any atom is -0.329 e. The molecule has 1 aromatic rings. The molecule has 1 rings (SSSR count). The van der Waals surface area contributed by atoms with Gasteiger partial charge in [-0.3, -0.25) is 0 Å². The predicted molar refractivity (Wildman–Crippen MR) is 67.5 cm³/mol. The Morgan fingerprint density at radius 2 is 2.07 bits per heavy atom. The van der Waals surface area contributed by atoms with E-state index in [1.165, 1.54) is 5.56 Å². The van der Waals surface area contributed by atoms with Gasteiger partial charge in [0, 0.05) is 30.1 Å². The van der Waals surface area contributed by atoms with Gasteiger partial charge in [0.05, 0.1) is 0 Å². The maximum Gasteiger partial charge on any atom is 0.0292 e. The number of halogens is 1. The molecule has 1 atom stereocenters. The maximum atomic E-state index is 5.79. The minimum absolute atomic E-state index is 0.0532. The van der Waals surface area contributed by atoms with Crippen LogP contribution >= 0.6 is 15.9 Å². The van der Waals surface area contributed by atoms with Gasteiger partial charge in [0.25, 0.3) is 0 Å². The van der Waals surface area contributed by atoms with Crippen LogP contribution in [0.4, 0.5) is 0 Å². The number of likely N-dealkylation sites (N-methyl/N-ethyl adjacent to an activating group) is 1. The van der Waals surface area contributed by atoms with Gasteiger partial charge in [-0.05, 0) is 18.7 Å². The van der Waals surface area contributed by atoms with Crippen LogP contribution in [0.5, 0.6) is 0 Å². The Morgan fingerprint density at radius 3 is 2.67 bits per heavy atom. The summed E-state index contributed by atoms with van der Waals surface area (Å²) in [4.78, 5) is 2.18. The highest BCUT2D eigenvalue weighted by Crippen LogP contribution is 2.17. The minimum atomic E-state index is 0.0532. The lowest BCUT2D eigenvalue weighted by Crippen LogP contribution is -2.40. The average Bonchev–Trinajstić information content (AvgIpc) is 2.21. The van der Waals surface area contributed by atoms with Crippen LogP contribution in [0.1, 0.15) is 5.56 Å². The van der Waals surface area contributed by atoms with Gasteiger partial charge in [-0.2, -0.15) is 0 Å². The first-order valence-corrected chi connectivity index (χ1v) is 5.80. The van der Waals surface area contributed by atoms with Crippen molar-refractivity contribution in [2.45, 2.75) is 12.6 Å². The third-order valence-corrected chi connectivity index (χ3v) is 3.02. The zero-order valence-electron chi connectivity index (χ0n) is 8.99. The van der Waals surface area contributed by atoms with E-state index < -0.39 is 0 Å². The van der Waals surface area contributed by atoms with Crippen molar-refractivity contribution in [3.63, 3.8) is 0 Å². The highest BCUT2D eigenvalue weighted by atomic mass is 79.9. The Balaban J connectivity index is 2.51. The second kappa shape index (κ2) is 6.23. The number of hydrogen-bond donors (Lipinski definition) is 2. The standard InChI is InChI=1S/C11H18BrN3/c1-15(8-10(14)6-13)7-9-4-2-3-5-11(9)12/h2-5,10H,6-8,13-14H2,1H3. The molecule has 0 heterocycles. The van der Waals surface area contributed by atoms with Crippen molar-refractivity contribution in [3.05, 3.63) is 34.3 Å². The number of rotatable bonds is 5. The summed E-state index contributed by atoms with van der Waals surface area (Å²) in [5, 5.41) is 0. The lowest BCUT2D eigenvalue weighted by atomic mass is 10.2. The molecule has 4 N–H and O–H groups in total. The van der Waals surface area contributed by atoms with Crippen molar-refractivity contribution in [1.82, 2.24) is 4.90 Å². The molecule has 0 aromatic heterocycles. The molecule has 4 heteroatoms. The summed E-state index contributed by atoms with van der Waals surface area (Å²) in [6.45, 7) is 2.23. The SMILES string of the molecule is CN(Cc1ccccc1Br)CC(N)CN. The van der Waals surface area contributed by atoms with Crippen molar-refractivity contribution in [2.75, 3.05) is 20.1 Å². The van der Waals surface area contributed by atoms with Crippen LogP contribution < -0.4 is 11.5 Å². The first-order chi connectivity index (χ1) is 7.13. The van der Waals surface area contributed by atoms with Crippen LogP contribution in [0.15, 0.2) is 28.7 Å². The molecular weight excluding hydrogens is 254 g/mol. The fourth-order valence-corrected chi connectivity index (χ4v) is 1.87. The predicted octanol–water partition coefficient (Wildman–Crippen LogP) is 1.17. The van der Waals surface area contributed by atoms with Crippen molar-refractivity contribution in [2.24, 2.45) is 11.5 Å². The van der Waals surface area contributed by atoms with Crippen LogP contribution in [-0.4, -0.2) is 31.1 Å². The van der Waals surface area contributed by atoms with Gasteiger partial charge in [0.2, 0.25) is 0 Å². The Morgan fingerprint density at radius 1 is 1.40 bits per heavy atom. The molecule has 0 saturated heterocycles. The van der Waals surface area contributed by atoms with Crippen LogP contribution in [-0.2, 0) is 6.54 Å². The third kappa shape index (κ3) is 4.30. The monoisotopic (exact) mass is 271 g/mol. The molecule has 15 heavy (non-hydrogen) atoms. The van der Waals surface area contributed by atoms with Crippen LogP contribution in [0.3, 0.4) is 0 Å². The van der Waals surface area contributed by atoms with Crippen molar-refractivity contribution < 1.29 is 0 Å². The van der Waals surface area contributed by atoms with Gasteiger partial charge >= 0.3 is 0 Å². The molecule has 0 spiro atoms. The van der Waals surface area contributed by atoms with Gasteiger partial charge in [-0.1, -0.05) is 34.1 Å². The second-order valence-corrected chi connectivity index (χ2v) is 4.64. The molecule has 0 bridgehead atoms. The van der Waals surface area contributed by atoms with E-state index in [-0.39, 0.29) is 6.04 Å². The quantitative estimate of drug-likeness (QED) is 0.846. The zero-order chi connectivity index (χ0) is 11.3. The summed E-state index contributed by atoms with van der Waals surface area (Å²) >= 11 is 3.53. The molecule has 0 radical (unpaired) electrons. The maximum absolute atomic E-state index is 5.79. The first-order valence-electron chi connectivity index (χ1n) is 5.01. The van der Waals surface area contributed by atoms with Gasteiger partial charge in [-0.25, -0.2) is 0 Å². The van der Waals surface area contributed by atoms with E-state index in [9.17, 15) is 0 Å². The van der Waals surface area contributed by atoms with Gasteiger partial charge in [0.15, 0.2) is 0 Å². The van der Waals surface area contributed by atoms with Crippen LogP contribution in [0.25, 0.3) is 0 Å². The largest absolute Gasteiger partial charge is 0.329 e. The average molecular weight is 272 g/mol. The normalized spacial score (nSPS) is 13.1. The summed E-state index contributed by atoms with van der Waals surface area (Å²) in [7, 11) is 2.05. The van der Waals surface area contributed by atoms with Gasteiger partial charge < -0.3 is 16.4 Å². The molecule has 3 nitrogen and oxygen atoms in total. The topological polar surface area (TPSA) is 55.3 Å². The lowest BCUT2D eigenvalue weighted by Gasteiger charge is -2.20. The Kier molecular flexibility index (Phi) is 5.25. The third-order valence-electron chi connectivity index (χ3n) is 2.25. The fraction of sp³-hybridized carbons (Fsp3) is 0.455. The van der Waals surface area contributed by atoms with Crippen LogP contribution in [0, 0.1) is 0 Å². The molecular formula is C11H18BrN3. The smallest absolute Gasteiger partial charge is 0.0292 e. The Labute approximate surface area is 99.6 Å². The van der Waals surface area contributed by atoms with Crippen LogP contribution in [0.2, 0.25) is 0 Å². The zero-order valence-corrected chi connectivity index (χ0v) is 10.6. The van der Waals surface area contributed by atoms with Gasteiger partial charge in [0.1, 0.15) is 0 Å².